The zero-order valence-electron chi connectivity index (χ0n) is 9.75. The van der Waals surface area contributed by atoms with Gasteiger partial charge in [-0.3, -0.25) is 4.79 Å². The summed E-state index contributed by atoms with van der Waals surface area (Å²) in [6, 6.07) is 6.47. The maximum Gasteiger partial charge on any atom is 0.259 e. The molecule has 0 heterocycles. The molecule has 0 saturated heterocycles. The number of aromatic hydroxyl groups is 1. The number of hydrogen-bond donors (Lipinski definition) is 2. The molecule has 0 bridgehead atoms. The molecule has 7 heteroatoms. The number of anilines is 1. The van der Waals surface area contributed by atoms with Gasteiger partial charge in [0.1, 0.15) is 11.6 Å². The summed E-state index contributed by atoms with van der Waals surface area (Å²) in [6.07, 6.45) is 0. The van der Waals surface area contributed by atoms with Crippen LogP contribution in [0.3, 0.4) is 0 Å². The number of carbonyl (C=O) groups is 1. The average Bonchev–Trinajstić information content (AvgIpc) is 2.33. The lowest BCUT2D eigenvalue weighted by Gasteiger charge is -2.10. The highest BCUT2D eigenvalue weighted by Gasteiger charge is 2.16. The van der Waals surface area contributed by atoms with E-state index >= 15 is 0 Å². The fourth-order valence-electron chi connectivity index (χ4n) is 1.54. The Morgan fingerprint density at radius 2 is 1.80 bits per heavy atom. The van der Waals surface area contributed by atoms with Crippen molar-refractivity contribution in [2.75, 3.05) is 5.32 Å². The highest BCUT2D eigenvalue weighted by molar-refractivity contribution is 9.10. The zero-order chi connectivity index (χ0) is 14.9. The first-order valence-corrected chi connectivity index (χ1v) is 6.88. The van der Waals surface area contributed by atoms with Gasteiger partial charge in [0, 0.05) is 4.47 Å². The maximum atomic E-state index is 13.1. The van der Waals surface area contributed by atoms with Gasteiger partial charge in [0.25, 0.3) is 5.91 Å². The second-order valence-corrected chi connectivity index (χ2v) is 5.59. The zero-order valence-corrected chi connectivity index (χ0v) is 12.9. The number of benzene rings is 2. The van der Waals surface area contributed by atoms with Gasteiger partial charge in [-0.15, -0.1) is 0 Å². The van der Waals surface area contributed by atoms with Crippen LogP contribution in [0.4, 0.5) is 10.1 Å². The molecule has 2 rings (SSSR count). The Balaban J connectivity index is 2.33. The summed E-state index contributed by atoms with van der Waals surface area (Å²) < 4.78 is 13.7. The quantitative estimate of drug-likeness (QED) is 0.784. The number of halogens is 4. The van der Waals surface area contributed by atoms with E-state index in [1.54, 1.807) is 6.07 Å². The van der Waals surface area contributed by atoms with Gasteiger partial charge in [0.05, 0.1) is 21.3 Å². The number of nitrogens with one attached hydrogen (secondary N) is 1. The average molecular weight is 379 g/mol. The number of carbonyl (C=O) groups excluding carboxylic acids is 1. The largest absolute Gasteiger partial charge is 0.507 e. The van der Waals surface area contributed by atoms with Crippen molar-refractivity contribution in [1.82, 2.24) is 0 Å². The lowest BCUT2D eigenvalue weighted by atomic mass is 10.2. The van der Waals surface area contributed by atoms with E-state index in [0.717, 1.165) is 12.1 Å². The third-order valence-electron chi connectivity index (χ3n) is 2.45. The van der Waals surface area contributed by atoms with Crippen molar-refractivity contribution in [2.24, 2.45) is 0 Å². The Morgan fingerprint density at radius 3 is 2.35 bits per heavy atom. The summed E-state index contributed by atoms with van der Waals surface area (Å²) in [5, 5.41) is 12.1. The minimum atomic E-state index is -0.607. The van der Waals surface area contributed by atoms with Crippen molar-refractivity contribution in [3.8, 4) is 5.75 Å². The predicted molar refractivity (Wildman–Crippen MR) is 80.2 cm³/mol. The van der Waals surface area contributed by atoms with Crippen LogP contribution in [0.25, 0.3) is 0 Å². The fraction of sp³-hybridized carbons (Fsp3) is 0. The summed E-state index contributed by atoms with van der Waals surface area (Å²) in [5.41, 5.74) is 0.131. The molecule has 0 unspecified atom stereocenters. The molecule has 0 atom stereocenters. The number of rotatable bonds is 2. The van der Waals surface area contributed by atoms with E-state index in [2.05, 4.69) is 21.2 Å². The molecular weight excluding hydrogens is 372 g/mol. The van der Waals surface area contributed by atoms with E-state index in [9.17, 15) is 14.3 Å². The van der Waals surface area contributed by atoms with E-state index in [1.165, 1.54) is 12.1 Å². The second-order valence-electron chi connectivity index (χ2n) is 3.86. The van der Waals surface area contributed by atoms with Gasteiger partial charge in [0.2, 0.25) is 0 Å². The number of phenolic OH excluding ortho intramolecular Hbond substituents is 1. The standard InChI is InChI=1S/C13H7BrCl2FNO2/c14-6-1-2-8(11(19)3-6)13(20)18-12-9(15)4-7(17)5-10(12)16/h1-5,19H,(H,18,20). The molecule has 0 aliphatic rings. The summed E-state index contributed by atoms with van der Waals surface area (Å²) >= 11 is 14.8. The van der Waals surface area contributed by atoms with Gasteiger partial charge in [-0.1, -0.05) is 39.1 Å². The van der Waals surface area contributed by atoms with E-state index in [1.807, 2.05) is 0 Å². The Hall–Kier alpha value is -1.30. The second kappa shape index (κ2) is 5.99. The first-order valence-electron chi connectivity index (χ1n) is 5.33. The maximum absolute atomic E-state index is 13.1. The molecule has 0 fully saturated rings. The Kier molecular flexibility index (Phi) is 4.52. The molecule has 0 aromatic heterocycles. The molecule has 0 spiro atoms. The van der Waals surface area contributed by atoms with Gasteiger partial charge < -0.3 is 10.4 Å². The van der Waals surface area contributed by atoms with Gasteiger partial charge in [-0.05, 0) is 30.3 Å². The molecule has 0 radical (unpaired) electrons. The van der Waals surface area contributed by atoms with Gasteiger partial charge >= 0.3 is 0 Å². The van der Waals surface area contributed by atoms with Crippen molar-refractivity contribution < 1.29 is 14.3 Å². The molecule has 104 valence electrons. The molecule has 0 aliphatic carbocycles. The van der Waals surface area contributed by atoms with Crippen LogP contribution in [0, 0.1) is 5.82 Å². The van der Waals surface area contributed by atoms with Crippen molar-refractivity contribution in [3.63, 3.8) is 0 Å². The van der Waals surface area contributed by atoms with Gasteiger partial charge in [0.15, 0.2) is 0 Å². The summed E-state index contributed by atoms with van der Waals surface area (Å²) in [4.78, 5) is 12.0. The van der Waals surface area contributed by atoms with Crippen LogP contribution in [-0.2, 0) is 0 Å². The van der Waals surface area contributed by atoms with Crippen LogP contribution in [-0.4, -0.2) is 11.0 Å². The van der Waals surface area contributed by atoms with E-state index in [0.29, 0.717) is 4.47 Å². The van der Waals surface area contributed by atoms with Crippen LogP contribution in [0.15, 0.2) is 34.8 Å². The van der Waals surface area contributed by atoms with Crippen LogP contribution >= 0.6 is 39.1 Å². The highest BCUT2D eigenvalue weighted by Crippen LogP contribution is 2.32. The normalized spacial score (nSPS) is 10.4. The summed E-state index contributed by atoms with van der Waals surface area (Å²) in [5.74, 6) is -1.42. The lowest BCUT2D eigenvalue weighted by molar-refractivity contribution is 0.102. The van der Waals surface area contributed by atoms with Crippen molar-refractivity contribution in [1.29, 1.82) is 0 Å². The van der Waals surface area contributed by atoms with Crippen LogP contribution in [0.5, 0.6) is 5.75 Å². The molecule has 2 N–H and O–H groups in total. The molecular formula is C13H7BrCl2FNO2. The van der Waals surface area contributed by atoms with E-state index < -0.39 is 11.7 Å². The predicted octanol–water partition coefficient (Wildman–Crippen LogP) is 4.85. The van der Waals surface area contributed by atoms with Crippen LogP contribution < -0.4 is 5.32 Å². The molecule has 1 amide bonds. The minimum absolute atomic E-state index is 0.0278. The van der Waals surface area contributed by atoms with Crippen LogP contribution in [0.2, 0.25) is 10.0 Å². The number of hydrogen-bond acceptors (Lipinski definition) is 2. The van der Waals surface area contributed by atoms with Gasteiger partial charge in [-0.25, -0.2) is 4.39 Å². The fourth-order valence-corrected chi connectivity index (χ4v) is 2.44. The van der Waals surface area contributed by atoms with E-state index in [4.69, 9.17) is 23.2 Å². The Labute approximate surface area is 132 Å². The van der Waals surface area contributed by atoms with Crippen molar-refractivity contribution >= 4 is 50.7 Å². The summed E-state index contributed by atoms with van der Waals surface area (Å²) in [7, 11) is 0. The molecule has 20 heavy (non-hydrogen) atoms. The first-order chi connectivity index (χ1) is 9.38. The smallest absolute Gasteiger partial charge is 0.259 e. The number of amides is 1. The third kappa shape index (κ3) is 3.23. The Morgan fingerprint density at radius 1 is 1.20 bits per heavy atom. The monoisotopic (exact) mass is 377 g/mol. The Bertz CT molecular complexity index is 671. The first kappa shape index (κ1) is 15.1. The van der Waals surface area contributed by atoms with Crippen molar-refractivity contribution in [3.05, 3.63) is 56.2 Å². The molecule has 2 aromatic rings. The van der Waals surface area contributed by atoms with Crippen molar-refractivity contribution in [2.45, 2.75) is 0 Å². The lowest BCUT2D eigenvalue weighted by Crippen LogP contribution is -2.13. The topological polar surface area (TPSA) is 49.3 Å². The molecule has 3 nitrogen and oxygen atoms in total. The number of phenols is 1. The third-order valence-corrected chi connectivity index (χ3v) is 3.54. The summed E-state index contributed by atoms with van der Waals surface area (Å²) in [6.45, 7) is 0. The highest BCUT2D eigenvalue weighted by atomic mass is 79.9. The molecule has 2 aromatic carbocycles. The van der Waals surface area contributed by atoms with E-state index in [-0.39, 0.29) is 27.0 Å². The molecule has 0 aliphatic heterocycles. The SMILES string of the molecule is O=C(Nc1c(Cl)cc(F)cc1Cl)c1ccc(Br)cc1O. The van der Waals surface area contributed by atoms with Crippen LogP contribution in [0.1, 0.15) is 10.4 Å². The minimum Gasteiger partial charge on any atom is -0.507 e. The van der Waals surface area contributed by atoms with Gasteiger partial charge in [-0.2, -0.15) is 0 Å². The molecule has 0 saturated carbocycles.